The molecule has 4 nitrogen and oxygen atoms in total. The van der Waals surface area contributed by atoms with Gasteiger partial charge < -0.3 is 5.32 Å². The Morgan fingerprint density at radius 3 is 2.86 bits per heavy atom. The number of nitrogens with zero attached hydrogens (tertiary/aromatic N) is 2. The molecule has 0 saturated heterocycles. The highest BCUT2D eigenvalue weighted by Crippen LogP contribution is 2.34. The van der Waals surface area contributed by atoms with E-state index in [4.69, 9.17) is 0 Å². The first kappa shape index (κ1) is 18.1. The van der Waals surface area contributed by atoms with Crippen LogP contribution in [-0.4, -0.2) is 22.1 Å². The fourth-order valence-corrected chi connectivity index (χ4v) is 5.55. The number of nitrogens with one attached hydrogen (secondary N) is 1. The summed E-state index contributed by atoms with van der Waals surface area (Å²) in [6.45, 7) is 1.89. The van der Waals surface area contributed by atoms with Gasteiger partial charge in [-0.1, -0.05) is 30.3 Å². The van der Waals surface area contributed by atoms with E-state index < -0.39 is 0 Å². The number of fused-ring (bicyclic) bond motifs is 3. The van der Waals surface area contributed by atoms with Gasteiger partial charge in [-0.05, 0) is 68.5 Å². The summed E-state index contributed by atoms with van der Waals surface area (Å²) >= 11 is 1.73. The average Bonchev–Trinajstić information content (AvgIpc) is 3.47. The number of aryl methyl sites for hydroxylation is 3. The predicted octanol–water partition coefficient (Wildman–Crippen LogP) is 3.95. The second-order valence-corrected chi connectivity index (χ2v) is 9.39. The predicted molar refractivity (Wildman–Crippen MR) is 115 cm³/mol. The molecule has 146 valence electrons. The molecule has 0 spiro atoms. The normalized spacial score (nSPS) is 19.1. The lowest BCUT2D eigenvalue weighted by Gasteiger charge is -2.23. The number of hydrogen-bond acceptors (Lipinski definition) is 4. The highest BCUT2D eigenvalue weighted by atomic mass is 32.1. The van der Waals surface area contributed by atoms with Crippen LogP contribution in [0.4, 0.5) is 0 Å². The molecule has 2 aromatic heterocycles. The number of aromatic nitrogens is 2. The summed E-state index contributed by atoms with van der Waals surface area (Å²) in [7, 11) is 0. The molecule has 0 aliphatic heterocycles. The minimum Gasteiger partial charge on any atom is -0.313 e. The van der Waals surface area contributed by atoms with Gasteiger partial charge in [0.15, 0.2) is 0 Å². The van der Waals surface area contributed by atoms with Gasteiger partial charge in [0.25, 0.3) is 5.56 Å². The van der Waals surface area contributed by atoms with Crippen LogP contribution in [0.5, 0.6) is 0 Å². The summed E-state index contributed by atoms with van der Waals surface area (Å²) in [6, 6.07) is 11.0. The monoisotopic (exact) mass is 393 g/mol. The third kappa shape index (κ3) is 3.78. The Morgan fingerprint density at radius 1 is 1.18 bits per heavy atom. The second-order valence-electron chi connectivity index (χ2n) is 8.31. The Balaban J connectivity index is 1.31. The Morgan fingerprint density at radius 2 is 2.04 bits per heavy atom. The Kier molecular flexibility index (Phi) is 5.03. The maximum Gasteiger partial charge on any atom is 0.262 e. The van der Waals surface area contributed by atoms with Crippen LogP contribution in [0.25, 0.3) is 10.2 Å². The van der Waals surface area contributed by atoms with E-state index in [1.807, 2.05) is 10.6 Å². The van der Waals surface area contributed by atoms with Gasteiger partial charge in [-0.2, -0.15) is 0 Å². The van der Waals surface area contributed by atoms with Gasteiger partial charge in [0.05, 0.1) is 11.7 Å². The van der Waals surface area contributed by atoms with E-state index in [1.54, 1.807) is 17.7 Å². The third-order valence-electron chi connectivity index (χ3n) is 6.14. The summed E-state index contributed by atoms with van der Waals surface area (Å²) < 4.78 is 1.82. The number of hydrogen-bond donors (Lipinski definition) is 1. The van der Waals surface area contributed by atoms with Gasteiger partial charge in [-0.25, -0.2) is 4.98 Å². The fraction of sp³-hybridized carbons (Fsp3) is 0.478. The molecule has 3 aromatic rings. The van der Waals surface area contributed by atoms with E-state index in [0.29, 0.717) is 6.04 Å². The number of rotatable bonds is 7. The molecule has 5 heteroatoms. The van der Waals surface area contributed by atoms with E-state index in [1.165, 1.54) is 28.8 Å². The van der Waals surface area contributed by atoms with Gasteiger partial charge in [0.1, 0.15) is 4.83 Å². The summed E-state index contributed by atoms with van der Waals surface area (Å²) in [5.74, 6) is 0.911. The molecule has 0 radical (unpaired) electrons. The third-order valence-corrected chi connectivity index (χ3v) is 7.30. The summed E-state index contributed by atoms with van der Waals surface area (Å²) in [5.41, 5.74) is 2.75. The quantitative estimate of drug-likeness (QED) is 0.661. The van der Waals surface area contributed by atoms with Crippen molar-refractivity contribution in [1.29, 1.82) is 0 Å². The molecule has 1 N–H and O–H groups in total. The Bertz CT molecular complexity index is 1020. The molecule has 2 aliphatic carbocycles. The highest BCUT2D eigenvalue weighted by Gasteiger charge is 2.27. The van der Waals surface area contributed by atoms with Gasteiger partial charge in [-0.15, -0.1) is 11.3 Å². The highest BCUT2D eigenvalue weighted by molar-refractivity contribution is 7.18. The standard InChI is InChI=1S/C23H27N3OS/c27-23-21-19-11-10-18(24-14-17-8-9-17)13-20(19)28-22(21)25-15-26(23)12-4-7-16-5-2-1-3-6-16/h1-3,5-6,15,17-18,24H,4,7-14H2. The second kappa shape index (κ2) is 7.80. The average molecular weight is 394 g/mol. The lowest BCUT2D eigenvalue weighted by atomic mass is 9.93. The molecule has 1 unspecified atom stereocenters. The van der Waals surface area contributed by atoms with Crippen molar-refractivity contribution in [2.45, 2.75) is 57.5 Å². The van der Waals surface area contributed by atoms with E-state index in [9.17, 15) is 4.79 Å². The van der Waals surface area contributed by atoms with Crippen LogP contribution in [0.3, 0.4) is 0 Å². The van der Waals surface area contributed by atoms with Crippen molar-refractivity contribution in [2.75, 3.05) is 6.54 Å². The maximum atomic E-state index is 13.1. The molecular formula is C23H27N3OS. The minimum absolute atomic E-state index is 0.153. The van der Waals surface area contributed by atoms with Crippen molar-refractivity contribution in [3.05, 3.63) is 63.0 Å². The topological polar surface area (TPSA) is 46.9 Å². The molecular weight excluding hydrogens is 366 g/mol. The lowest BCUT2D eigenvalue weighted by Crippen LogP contribution is -2.35. The zero-order valence-electron chi connectivity index (χ0n) is 16.2. The summed E-state index contributed by atoms with van der Waals surface area (Å²) in [5, 5.41) is 4.63. The minimum atomic E-state index is 0.153. The zero-order valence-corrected chi connectivity index (χ0v) is 17.0. The first-order valence-corrected chi connectivity index (χ1v) is 11.4. The lowest BCUT2D eigenvalue weighted by molar-refractivity contribution is 0.453. The fourth-order valence-electron chi connectivity index (χ4n) is 4.29. The molecule has 2 heterocycles. The van der Waals surface area contributed by atoms with Gasteiger partial charge in [0.2, 0.25) is 0 Å². The van der Waals surface area contributed by atoms with Crippen molar-refractivity contribution in [1.82, 2.24) is 14.9 Å². The van der Waals surface area contributed by atoms with Crippen LogP contribution in [0.1, 0.15) is 41.7 Å². The van der Waals surface area contributed by atoms with Crippen LogP contribution in [0.15, 0.2) is 41.5 Å². The Hall–Kier alpha value is -1.98. The molecule has 28 heavy (non-hydrogen) atoms. The number of thiophene rings is 1. The van der Waals surface area contributed by atoms with Gasteiger partial charge >= 0.3 is 0 Å². The van der Waals surface area contributed by atoms with Gasteiger partial charge in [-0.3, -0.25) is 9.36 Å². The van der Waals surface area contributed by atoms with Crippen molar-refractivity contribution < 1.29 is 0 Å². The molecule has 2 aliphatic rings. The maximum absolute atomic E-state index is 13.1. The van der Waals surface area contributed by atoms with E-state index >= 15 is 0 Å². The van der Waals surface area contributed by atoms with E-state index in [0.717, 1.165) is 61.3 Å². The number of benzene rings is 1. The Labute approximate surface area is 169 Å². The first-order chi connectivity index (χ1) is 13.8. The molecule has 5 rings (SSSR count). The summed E-state index contributed by atoms with van der Waals surface area (Å²) in [4.78, 5) is 20.1. The molecule has 1 aromatic carbocycles. The van der Waals surface area contributed by atoms with Crippen molar-refractivity contribution >= 4 is 21.6 Å². The van der Waals surface area contributed by atoms with Crippen LogP contribution in [0, 0.1) is 5.92 Å². The van der Waals surface area contributed by atoms with Gasteiger partial charge in [0, 0.05) is 17.5 Å². The van der Waals surface area contributed by atoms with Crippen LogP contribution in [-0.2, 0) is 25.8 Å². The smallest absolute Gasteiger partial charge is 0.262 e. The molecule has 0 bridgehead atoms. The molecule has 0 amide bonds. The SMILES string of the molecule is O=c1c2c3c(sc2ncn1CCCc1ccccc1)CC(NCC1CC1)CC3. The van der Waals surface area contributed by atoms with Crippen LogP contribution < -0.4 is 10.9 Å². The molecule has 1 saturated carbocycles. The zero-order chi connectivity index (χ0) is 18.9. The van der Waals surface area contributed by atoms with Crippen molar-refractivity contribution in [2.24, 2.45) is 5.92 Å². The van der Waals surface area contributed by atoms with E-state index in [2.05, 4.69) is 34.6 Å². The van der Waals surface area contributed by atoms with Crippen molar-refractivity contribution in [3.63, 3.8) is 0 Å². The largest absolute Gasteiger partial charge is 0.313 e. The molecule has 1 atom stereocenters. The van der Waals surface area contributed by atoms with Crippen LogP contribution in [0.2, 0.25) is 0 Å². The van der Waals surface area contributed by atoms with Crippen molar-refractivity contribution in [3.8, 4) is 0 Å². The molecule has 1 fully saturated rings. The van der Waals surface area contributed by atoms with E-state index in [-0.39, 0.29) is 5.56 Å². The summed E-state index contributed by atoms with van der Waals surface area (Å²) in [6.07, 6.45) is 9.66. The van der Waals surface area contributed by atoms with Crippen LogP contribution >= 0.6 is 11.3 Å². The first-order valence-electron chi connectivity index (χ1n) is 10.5.